The molecule has 5 nitrogen and oxygen atoms in total. The molecule has 7 heteroatoms. The predicted octanol–water partition coefficient (Wildman–Crippen LogP) is 1.91. The monoisotopic (exact) mass is 279 g/mol. The second-order valence-corrected chi connectivity index (χ2v) is 6.07. The summed E-state index contributed by atoms with van der Waals surface area (Å²) in [6, 6.07) is 0. The Labute approximate surface area is 116 Å². The third-order valence-corrected chi connectivity index (χ3v) is 4.12. The third-order valence-electron chi connectivity index (χ3n) is 3.94. The van der Waals surface area contributed by atoms with Crippen LogP contribution in [0.15, 0.2) is 12.4 Å². The molecule has 0 aliphatic carbocycles. The molecule has 0 radical (unpaired) electrons. The summed E-state index contributed by atoms with van der Waals surface area (Å²) in [6.45, 7) is 8.09. The molecule has 2 aromatic rings. The van der Waals surface area contributed by atoms with Gasteiger partial charge in [0.1, 0.15) is 5.65 Å². The second kappa shape index (κ2) is 3.94. The van der Waals surface area contributed by atoms with Crippen molar-refractivity contribution in [2.24, 2.45) is 0 Å². The molecule has 0 atom stereocenters. The maximum atomic E-state index is 6.02. The van der Waals surface area contributed by atoms with E-state index in [1.165, 1.54) is 0 Å². The number of hydrogen-bond donors (Lipinski definition) is 1. The van der Waals surface area contributed by atoms with Gasteiger partial charge in [-0.1, -0.05) is 0 Å². The highest BCUT2D eigenvalue weighted by molar-refractivity contribution is 6.65. The van der Waals surface area contributed by atoms with Gasteiger partial charge in [0.25, 0.3) is 0 Å². The lowest BCUT2D eigenvalue weighted by molar-refractivity contribution is 0.00578. The fraction of sp³-hybridized carbons (Fsp3) is 0.500. The van der Waals surface area contributed by atoms with Crippen LogP contribution in [0, 0.1) is 0 Å². The van der Waals surface area contributed by atoms with Crippen LogP contribution in [0.5, 0.6) is 0 Å². The van der Waals surface area contributed by atoms with E-state index in [2.05, 4.69) is 15.0 Å². The van der Waals surface area contributed by atoms with Crippen molar-refractivity contribution in [2.75, 3.05) is 0 Å². The van der Waals surface area contributed by atoms with Crippen molar-refractivity contribution in [3.63, 3.8) is 0 Å². The maximum Gasteiger partial charge on any atom is 0.497 e. The summed E-state index contributed by atoms with van der Waals surface area (Å²) < 4.78 is 12.0. The summed E-state index contributed by atoms with van der Waals surface area (Å²) in [6.07, 6.45) is 3.51. The number of aromatic nitrogens is 3. The summed E-state index contributed by atoms with van der Waals surface area (Å²) in [7, 11) is -0.427. The van der Waals surface area contributed by atoms with Gasteiger partial charge in [-0.05, 0) is 39.3 Å². The van der Waals surface area contributed by atoms with Crippen molar-refractivity contribution in [3.8, 4) is 0 Å². The van der Waals surface area contributed by atoms with Gasteiger partial charge in [0.15, 0.2) is 0 Å². The Morgan fingerprint density at radius 3 is 2.47 bits per heavy atom. The number of halogens is 1. The minimum absolute atomic E-state index is 0.217. The van der Waals surface area contributed by atoms with Gasteiger partial charge in [0.2, 0.25) is 5.28 Å². The van der Waals surface area contributed by atoms with E-state index in [9.17, 15) is 0 Å². The van der Waals surface area contributed by atoms with Gasteiger partial charge in [-0.25, -0.2) is 4.98 Å². The summed E-state index contributed by atoms with van der Waals surface area (Å²) in [5, 5.41) is 1.08. The second-order valence-electron chi connectivity index (χ2n) is 5.73. The standard InChI is InChI=1S/C12H15BClN3O2/c1-11(2)12(3,4)19-13(18-11)8-6-15-9-7(8)5-16-10(14)17-9/h5-6H,1-4H3,(H,15,16,17). The molecule has 0 amide bonds. The van der Waals surface area contributed by atoms with Crippen LogP contribution in [0.1, 0.15) is 27.7 Å². The molecule has 0 unspecified atom stereocenters. The third kappa shape index (κ3) is 1.95. The zero-order chi connectivity index (χ0) is 13.8. The van der Waals surface area contributed by atoms with E-state index < -0.39 is 7.12 Å². The summed E-state index contributed by atoms with van der Waals surface area (Å²) in [4.78, 5) is 11.2. The van der Waals surface area contributed by atoms with Crippen molar-refractivity contribution in [1.82, 2.24) is 15.0 Å². The van der Waals surface area contributed by atoms with Crippen LogP contribution in [0.3, 0.4) is 0 Å². The molecule has 0 saturated carbocycles. The van der Waals surface area contributed by atoms with Crippen LogP contribution in [-0.2, 0) is 9.31 Å². The molecule has 0 spiro atoms. The number of nitrogens with zero attached hydrogens (tertiary/aromatic N) is 2. The number of fused-ring (bicyclic) bond motifs is 1. The lowest BCUT2D eigenvalue weighted by Crippen LogP contribution is -2.41. The summed E-state index contributed by atoms with van der Waals surface area (Å²) in [5.41, 5.74) is 0.846. The van der Waals surface area contributed by atoms with Gasteiger partial charge in [-0.3, -0.25) is 0 Å². The van der Waals surface area contributed by atoms with Gasteiger partial charge in [0.05, 0.1) is 11.2 Å². The van der Waals surface area contributed by atoms with Crippen LogP contribution in [0.25, 0.3) is 11.0 Å². The van der Waals surface area contributed by atoms with Crippen LogP contribution < -0.4 is 5.46 Å². The average molecular weight is 280 g/mol. The maximum absolute atomic E-state index is 6.02. The molecule has 1 saturated heterocycles. The Morgan fingerprint density at radius 1 is 1.21 bits per heavy atom. The normalized spacial score (nSPS) is 21.2. The highest BCUT2D eigenvalue weighted by Gasteiger charge is 2.52. The van der Waals surface area contributed by atoms with E-state index in [-0.39, 0.29) is 16.5 Å². The molecule has 1 fully saturated rings. The molecule has 19 heavy (non-hydrogen) atoms. The molecule has 0 aromatic carbocycles. The van der Waals surface area contributed by atoms with Crippen molar-refractivity contribution >= 4 is 35.2 Å². The highest BCUT2D eigenvalue weighted by Crippen LogP contribution is 2.36. The van der Waals surface area contributed by atoms with E-state index >= 15 is 0 Å². The SMILES string of the molecule is CC1(C)OB(c2c[nH]c3nc(Cl)ncc23)OC1(C)C. The van der Waals surface area contributed by atoms with Gasteiger partial charge in [-0.15, -0.1) is 0 Å². The van der Waals surface area contributed by atoms with Crippen LogP contribution in [0.2, 0.25) is 5.28 Å². The number of rotatable bonds is 1. The van der Waals surface area contributed by atoms with E-state index in [4.69, 9.17) is 20.9 Å². The van der Waals surface area contributed by atoms with E-state index in [0.29, 0.717) is 5.65 Å². The number of aromatic amines is 1. The molecule has 2 aromatic heterocycles. The molecular weight excluding hydrogens is 264 g/mol. The van der Waals surface area contributed by atoms with Crippen molar-refractivity contribution < 1.29 is 9.31 Å². The lowest BCUT2D eigenvalue weighted by atomic mass is 9.79. The fourth-order valence-corrected chi connectivity index (χ4v) is 2.20. The van der Waals surface area contributed by atoms with Gasteiger partial charge >= 0.3 is 7.12 Å². The van der Waals surface area contributed by atoms with Crippen molar-refractivity contribution in [2.45, 2.75) is 38.9 Å². The van der Waals surface area contributed by atoms with Crippen molar-refractivity contribution in [1.29, 1.82) is 0 Å². The molecule has 3 rings (SSSR count). The minimum Gasteiger partial charge on any atom is -0.399 e. The zero-order valence-corrected chi connectivity index (χ0v) is 12.1. The van der Waals surface area contributed by atoms with E-state index in [1.807, 2.05) is 33.9 Å². The first kappa shape index (κ1) is 12.9. The van der Waals surface area contributed by atoms with Crippen LogP contribution in [-0.4, -0.2) is 33.3 Å². The van der Waals surface area contributed by atoms with Crippen LogP contribution in [0.4, 0.5) is 0 Å². The Bertz CT molecular complexity index is 625. The molecule has 1 N–H and O–H groups in total. The Kier molecular flexibility index (Phi) is 2.68. The Balaban J connectivity index is 2.03. The molecule has 100 valence electrons. The number of nitrogens with one attached hydrogen (secondary N) is 1. The first-order valence-electron chi connectivity index (χ1n) is 6.15. The van der Waals surface area contributed by atoms with E-state index in [0.717, 1.165) is 10.8 Å². The lowest BCUT2D eigenvalue weighted by Gasteiger charge is -2.32. The zero-order valence-electron chi connectivity index (χ0n) is 11.3. The topological polar surface area (TPSA) is 60.0 Å². The fourth-order valence-electron chi connectivity index (χ4n) is 2.07. The molecule has 1 aliphatic rings. The first-order valence-corrected chi connectivity index (χ1v) is 6.53. The number of hydrogen-bond acceptors (Lipinski definition) is 4. The predicted molar refractivity (Wildman–Crippen MR) is 74.6 cm³/mol. The van der Waals surface area contributed by atoms with Gasteiger partial charge < -0.3 is 14.3 Å². The minimum atomic E-state index is -0.427. The number of H-pyrrole nitrogens is 1. The molecule has 0 bridgehead atoms. The summed E-state index contributed by atoms with van der Waals surface area (Å²) in [5.74, 6) is 0. The van der Waals surface area contributed by atoms with Gasteiger partial charge in [0, 0.05) is 23.2 Å². The summed E-state index contributed by atoms with van der Waals surface area (Å²) >= 11 is 5.77. The average Bonchev–Trinajstić information content (AvgIpc) is 2.77. The molecular formula is C12H15BClN3O2. The Hall–Kier alpha value is -1.11. The van der Waals surface area contributed by atoms with Gasteiger partial charge in [-0.2, -0.15) is 4.98 Å². The molecule has 1 aliphatic heterocycles. The smallest absolute Gasteiger partial charge is 0.399 e. The quantitative estimate of drug-likeness (QED) is 0.640. The highest BCUT2D eigenvalue weighted by atomic mass is 35.5. The first-order chi connectivity index (χ1) is 8.80. The van der Waals surface area contributed by atoms with Crippen LogP contribution >= 0.6 is 11.6 Å². The van der Waals surface area contributed by atoms with E-state index in [1.54, 1.807) is 6.20 Å². The Morgan fingerprint density at radius 2 is 1.84 bits per heavy atom. The molecule has 3 heterocycles. The van der Waals surface area contributed by atoms with Crippen molar-refractivity contribution in [3.05, 3.63) is 17.7 Å². The largest absolute Gasteiger partial charge is 0.497 e.